The zero-order valence-electron chi connectivity index (χ0n) is 15.9. The molecule has 0 unspecified atom stereocenters. The third kappa shape index (κ3) is 3.39. The highest BCUT2D eigenvalue weighted by Crippen LogP contribution is 2.26. The molecule has 0 atom stereocenters. The van der Waals surface area contributed by atoms with Crippen molar-refractivity contribution in [3.05, 3.63) is 22.0 Å². The Morgan fingerprint density at radius 3 is 2.75 bits per heavy atom. The van der Waals surface area contributed by atoms with E-state index in [1.807, 2.05) is 0 Å². The van der Waals surface area contributed by atoms with Gasteiger partial charge in [-0.2, -0.15) is 0 Å². The van der Waals surface area contributed by atoms with Crippen molar-refractivity contribution in [3.63, 3.8) is 0 Å². The lowest BCUT2D eigenvalue weighted by atomic mass is 9.88. The van der Waals surface area contributed by atoms with E-state index in [0.717, 1.165) is 42.3 Å². The summed E-state index contributed by atoms with van der Waals surface area (Å²) in [5.41, 5.74) is 8.26. The second kappa shape index (κ2) is 7.49. The largest absolute Gasteiger partial charge is 0.369 e. The number of aromatic nitrogens is 4. The molecule has 28 heavy (non-hydrogen) atoms. The first kappa shape index (κ1) is 18.3. The minimum Gasteiger partial charge on any atom is -0.369 e. The summed E-state index contributed by atoms with van der Waals surface area (Å²) >= 11 is 0. The molecule has 2 heterocycles. The van der Waals surface area contributed by atoms with Crippen LogP contribution in [0.3, 0.4) is 0 Å². The van der Waals surface area contributed by atoms with Crippen LogP contribution in [0, 0.1) is 5.92 Å². The van der Waals surface area contributed by atoms with E-state index >= 15 is 0 Å². The molecule has 6 N–H and O–H groups in total. The number of nitrogens with two attached hydrogens (primary N) is 1. The van der Waals surface area contributed by atoms with Crippen LogP contribution in [0.1, 0.15) is 37.7 Å². The molecule has 0 saturated heterocycles. The van der Waals surface area contributed by atoms with Gasteiger partial charge in [0.05, 0.1) is 21.9 Å². The zero-order chi connectivity index (χ0) is 19.7. The van der Waals surface area contributed by atoms with Gasteiger partial charge in [0.15, 0.2) is 0 Å². The summed E-state index contributed by atoms with van der Waals surface area (Å²) in [5, 5.41) is 6.46. The van der Waals surface area contributed by atoms with Crippen LogP contribution in [0.4, 0.5) is 11.9 Å². The van der Waals surface area contributed by atoms with Gasteiger partial charge in [0.25, 0.3) is 5.56 Å². The molecule has 0 spiro atoms. The Hall–Kier alpha value is -3.10. The van der Waals surface area contributed by atoms with Gasteiger partial charge in [-0.3, -0.25) is 14.6 Å². The van der Waals surface area contributed by atoms with Gasteiger partial charge in [-0.25, -0.2) is 9.97 Å². The summed E-state index contributed by atoms with van der Waals surface area (Å²) in [7, 11) is 1.77. The molecule has 1 amide bonds. The van der Waals surface area contributed by atoms with Gasteiger partial charge in [0, 0.05) is 25.1 Å². The van der Waals surface area contributed by atoms with Crippen molar-refractivity contribution in [3.8, 4) is 0 Å². The molecule has 0 radical (unpaired) electrons. The minimum atomic E-state index is -0.294. The van der Waals surface area contributed by atoms with E-state index in [-0.39, 0.29) is 23.3 Å². The Morgan fingerprint density at radius 2 is 2.00 bits per heavy atom. The Morgan fingerprint density at radius 1 is 1.21 bits per heavy atom. The summed E-state index contributed by atoms with van der Waals surface area (Å²) < 4.78 is 0. The maximum absolute atomic E-state index is 12.4. The lowest BCUT2D eigenvalue weighted by Gasteiger charge is -2.20. The fraction of sp³-hybridized carbons (Fsp3) is 0.474. The number of benzene rings is 1. The van der Waals surface area contributed by atoms with Crippen molar-refractivity contribution in [1.29, 1.82) is 0 Å². The number of nitrogen functional groups attached to an aromatic ring is 1. The maximum atomic E-state index is 12.4. The van der Waals surface area contributed by atoms with Crippen LogP contribution in [0.25, 0.3) is 21.9 Å². The predicted molar refractivity (Wildman–Crippen MR) is 109 cm³/mol. The number of nitrogens with one attached hydrogen (secondary N) is 4. The van der Waals surface area contributed by atoms with Crippen molar-refractivity contribution in [1.82, 2.24) is 25.3 Å². The van der Waals surface area contributed by atoms with Crippen molar-refractivity contribution >= 4 is 39.7 Å². The number of fused-ring (bicyclic) bond motifs is 2. The molecule has 4 rings (SSSR count). The number of imidazole rings is 1. The number of H-pyrrole nitrogens is 2. The van der Waals surface area contributed by atoms with Gasteiger partial charge in [0.2, 0.25) is 17.8 Å². The van der Waals surface area contributed by atoms with Crippen LogP contribution >= 0.6 is 0 Å². The number of amides is 1. The van der Waals surface area contributed by atoms with Crippen molar-refractivity contribution < 1.29 is 4.79 Å². The standard InChI is InChI=1S/C19H25N7O2/c1-21-19-23-13-9-12-14(24-18(20)26-17(12)28)11(15(13)25-19)7-8-22-16(27)10-5-3-2-4-6-10/h9-10H,2-8H2,1H3,(H,22,27)(H2,21,23,25)(H3,20,24,26,28). The summed E-state index contributed by atoms with van der Waals surface area (Å²) in [6.07, 6.45) is 5.89. The predicted octanol–water partition coefficient (Wildman–Crippen LogP) is 1.66. The number of anilines is 2. The number of carbonyl (C=O) groups excluding carboxylic acids is 1. The average Bonchev–Trinajstić information content (AvgIpc) is 3.12. The molecule has 0 aliphatic heterocycles. The van der Waals surface area contributed by atoms with Crippen LogP contribution < -0.4 is 21.9 Å². The van der Waals surface area contributed by atoms with E-state index in [2.05, 4.69) is 30.6 Å². The molecule has 148 valence electrons. The van der Waals surface area contributed by atoms with Gasteiger partial charge in [-0.15, -0.1) is 0 Å². The summed E-state index contributed by atoms with van der Waals surface area (Å²) in [6.45, 7) is 0.458. The molecule has 0 bridgehead atoms. The fourth-order valence-corrected chi connectivity index (χ4v) is 4.02. The molecule has 2 aromatic heterocycles. The third-order valence-electron chi connectivity index (χ3n) is 5.45. The number of aromatic amines is 2. The second-order valence-corrected chi connectivity index (χ2v) is 7.31. The Bertz CT molecular complexity index is 1080. The third-order valence-corrected chi connectivity index (χ3v) is 5.45. The van der Waals surface area contributed by atoms with Crippen LogP contribution in [0.2, 0.25) is 0 Å². The smallest absolute Gasteiger partial charge is 0.260 e. The van der Waals surface area contributed by atoms with Gasteiger partial charge < -0.3 is 21.4 Å². The van der Waals surface area contributed by atoms with E-state index in [1.54, 1.807) is 13.1 Å². The lowest BCUT2D eigenvalue weighted by Crippen LogP contribution is -2.33. The number of rotatable bonds is 5. The van der Waals surface area contributed by atoms with Gasteiger partial charge >= 0.3 is 0 Å². The minimum absolute atomic E-state index is 0.0636. The van der Waals surface area contributed by atoms with Crippen LogP contribution in [-0.4, -0.2) is 39.4 Å². The van der Waals surface area contributed by atoms with Crippen molar-refractivity contribution in [2.24, 2.45) is 5.92 Å². The average molecular weight is 383 g/mol. The molecule has 1 saturated carbocycles. The Labute approximate surface area is 161 Å². The van der Waals surface area contributed by atoms with E-state index in [1.165, 1.54) is 6.42 Å². The maximum Gasteiger partial charge on any atom is 0.260 e. The van der Waals surface area contributed by atoms with E-state index in [4.69, 9.17) is 5.73 Å². The van der Waals surface area contributed by atoms with E-state index in [9.17, 15) is 9.59 Å². The first-order chi connectivity index (χ1) is 13.6. The molecule has 9 nitrogen and oxygen atoms in total. The van der Waals surface area contributed by atoms with Crippen LogP contribution in [0.15, 0.2) is 10.9 Å². The Kier molecular flexibility index (Phi) is 4.89. The second-order valence-electron chi connectivity index (χ2n) is 7.31. The van der Waals surface area contributed by atoms with E-state index < -0.39 is 0 Å². The SMILES string of the molecule is CNc1nc2c(CCNC(=O)C3CCCCC3)c3nc(N)[nH]c(=O)c3cc2[nH]1. The molecule has 1 aliphatic carbocycles. The topological polar surface area (TPSA) is 142 Å². The first-order valence-electron chi connectivity index (χ1n) is 9.73. The van der Waals surface area contributed by atoms with Crippen LogP contribution in [0.5, 0.6) is 0 Å². The lowest BCUT2D eigenvalue weighted by molar-refractivity contribution is -0.125. The van der Waals surface area contributed by atoms with Crippen molar-refractivity contribution in [2.45, 2.75) is 38.5 Å². The van der Waals surface area contributed by atoms with Crippen molar-refractivity contribution in [2.75, 3.05) is 24.6 Å². The van der Waals surface area contributed by atoms with Gasteiger partial charge in [-0.1, -0.05) is 19.3 Å². The number of hydrogen-bond donors (Lipinski definition) is 5. The zero-order valence-corrected chi connectivity index (χ0v) is 15.9. The summed E-state index contributed by atoms with van der Waals surface area (Å²) in [5.74, 6) is 0.884. The highest BCUT2D eigenvalue weighted by atomic mass is 16.2. The van der Waals surface area contributed by atoms with Gasteiger partial charge in [0.1, 0.15) is 0 Å². The Balaban J connectivity index is 1.66. The van der Waals surface area contributed by atoms with E-state index in [0.29, 0.717) is 29.8 Å². The number of hydrogen-bond acceptors (Lipinski definition) is 6. The first-order valence-corrected chi connectivity index (χ1v) is 9.73. The molecular formula is C19H25N7O2. The highest BCUT2D eigenvalue weighted by molar-refractivity contribution is 5.98. The summed E-state index contributed by atoms with van der Waals surface area (Å²) in [4.78, 5) is 39.4. The molecule has 9 heteroatoms. The normalized spacial score (nSPS) is 15.2. The van der Waals surface area contributed by atoms with Gasteiger partial charge in [-0.05, 0) is 25.3 Å². The molecular weight excluding hydrogens is 358 g/mol. The molecule has 1 fully saturated rings. The molecule has 1 aromatic carbocycles. The highest BCUT2D eigenvalue weighted by Gasteiger charge is 2.21. The number of nitrogens with zero attached hydrogens (tertiary/aromatic N) is 2. The molecule has 3 aromatic rings. The molecule has 1 aliphatic rings. The summed E-state index contributed by atoms with van der Waals surface area (Å²) in [6, 6.07) is 1.73. The number of carbonyl (C=O) groups is 1. The quantitative estimate of drug-likeness (QED) is 0.454. The monoisotopic (exact) mass is 383 g/mol. The fourth-order valence-electron chi connectivity index (χ4n) is 4.02. The van der Waals surface area contributed by atoms with Crippen LogP contribution in [-0.2, 0) is 11.2 Å².